The third kappa shape index (κ3) is 6.67. The monoisotopic (exact) mass is 759 g/mol. The molecule has 5 nitrogen and oxygen atoms in total. The van der Waals surface area contributed by atoms with Gasteiger partial charge in [-0.2, -0.15) is 0 Å². The third-order valence-electron chi connectivity index (χ3n) is 11.3. The lowest BCUT2D eigenvalue weighted by molar-refractivity contribution is 1.06. The molecule has 5 heteroatoms. The Hall–Kier alpha value is -7.50. The van der Waals surface area contributed by atoms with Gasteiger partial charge in [-0.25, -0.2) is 15.0 Å². The average Bonchev–Trinajstić information content (AvgIpc) is 3.59. The van der Waals surface area contributed by atoms with E-state index in [1.54, 1.807) is 0 Å². The fraction of sp³-hybridized carbons (Fsp3) is 0.0741. The minimum absolute atomic E-state index is 0.594. The van der Waals surface area contributed by atoms with Crippen LogP contribution in [0.5, 0.6) is 0 Å². The molecule has 0 spiro atoms. The molecule has 0 aliphatic carbocycles. The van der Waals surface area contributed by atoms with Gasteiger partial charge in [-0.1, -0.05) is 145 Å². The maximum atomic E-state index is 5.25. The average molecular weight is 760 g/mol. The van der Waals surface area contributed by atoms with Crippen molar-refractivity contribution in [2.75, 3.05) is 0 Å². The summed E-state index contributed by atoms with van der Waals surface area (Å²) in [7, 11) is 0. The fourth-order valence-corrected chi connectivity index (χ4v) is 8.44. The van der Waals surface area contributed by atoms with E-state index in [2.05, 4.69) is 159 Å². The van der Waals surface area contributed by atoms with Crippen molar-refractivity contribution in [2.24, 2.45) is 0 Å². The van der Waals surface area contributed by atoms with Gasteiger partial charge in [-0.3, -0.25) is 4.98 Å². The Morgan fingerprint density at radius 1 is 0.373 bits per heavy atom. The van der Waals surface area contributed by atoms with Crippen LogP contribution in [0.2, 0.25) is 0 Å². The zero-order chi connectivity index (χ0) is 40.0. The lowest BCUT2D eigenvalue weighted by Crippen LogP contribution is -2.04. The summed E-state index contributed by atoms with van der Waals surface area (Å²) >= 11 is 0. The Balaban J connectivity index is 1.31. The molecule has 0 aliphatic rings. The molecule has 0 aliphatic heterocycles. The number of benzene rings is 7. The summed E-state index contributed by atoms with van der Waals surface area (Å²) in [5.41, 5.74) is 17.7. The van der Waals surface area contributed by atoms with Crippen molar-refractivity contribution in [3.8, 4) is 73.2 Å². The van der Waals surface area contributed by atoms with Gasteiger partial charge in [-0.05, 0) is 97.0 Å². The van der Waals surface area contributed by atoms with E-state index >= 15 is 0 Å². The molecule has 0 atom stereocenters. The van der Waals surface area contributed by atoms with E-state index in [-0.39, 0.29) is 0 Å². The lowest BCUT2D eigenvalue weighted by atomic mass is 9.96. The number of rotatable bonds is 7. The number of aryl methyl sites for hydroxylation is 4. The Kier molecular flexibility index (Phi) is 8.99. The maximum Gasteiger partial charge on any atom is 0.166 e. The second-order valence-corrected chi connectivity index (χ2v) is 15.4. The molecule has 0 unspecified atom stereocenters. The molecule has 3 heterocycles. The molecule has 0 saturated carbocycles. The number of hydrogen-bond donors (Lipinski definition) is 0. The van der Waals surface area contributed by atoms with Crippen molar-refractivity contribution in [3.63, 3.8) is 0 Å². The van der Waals surface area contributed by atoms with Crippen molar-refractivity contribution in [1.82, 2.24) is 24.5 Å². The van der Waals surface area contributed by atoms with Crippen LogP contribution < -0.4 is 0 Å². The van der Waals surface area contributed by atoms with Gasteiger partial charge in [0.05, 0.1) is 16.7 Å². The van der Waals surface area contributed by atoms with Crippen LogP contribution in [0.25, 0.3) is 95.0 Å². The van der Waals surface area contributed by atoms with Gasteiger partial charge in [0.25, 0.3) is 0 Å². The predicted molar refractivity (Wildman–Crippen MR) is 244 cm³/mol. The minimum Gasteiger partial charge on any atom is -0.308 e. The van der Waals surface area contributed by atoms with Crippen molar-refractivity contribution in [3.05, 3.63) is 198 Å². The van der Waals surface area contributed by atoms with Crippen LogP contribution in [0.1, 0.15) is 22.3 Å². The molecule has 7 aromatic carbocycles. The van der Waals surface area contributed by atoms with Crippen LogP contribution in [0, 0.1) is 27.7 Å². The van der Waals surface area contributed by atoms with Crippen molar-refractivity contribution in [2.45, 2.75) is 27.7 Å². The van der Waals surface area contributed by atoms with Crippen LogP contribution in [0.4, 0.5) is 0 Å². The molecule has 0 fully saturated rings. The van der Waals surface area contributed by atoms with E-state index in [0.717, 1.165) is 55.7 Å². The Morgan fingerprint density at radius 3 is 1.37 bits per heavy atom. The molecule has 0 N–H and O–H groups in total. The van der Waals surface area contributed by atoms with Gasteiger partial charge < -0.3 is 4.57 Å². The zero-order valence-electron chi connectivity index (χ0n) is 33.5. The van der Waals surface area contributed by atoms with Gasteiger partial charge >= 0.3 is 0 Å². The smallest absolute Gasteiger partial charge is 0.166 e. The van der Waals surface area contributed by atoms with Gasteiger partial charge in [0.2, 0.25) is 0 Å². The number of hydrogen-bond acceptors (Lipinski definition) is 4. The number of nitrogens with zero attached hydrogens (tertiary/aromatic N) is 5. The summed E-state index contributed by atoms with van der Waals surface area (Å²) in [5, 5.41) is 2.34. The number of pyridine rings is 1. The van der Waals surface area contributed by atoms with Crippen LogP contribution in [-0.4, -0.2) is 24.5 Å². The predicted octanol–water partition coefficient (Wildman–Crippen LogP) is 13.6. The summed E-state index contributed by atoms with van der Waals surface area (Å²) < 4.78 is 2.42. The van der Waals surface area contributed by atoms with E-state index < -0.39 is 0 Å². The summed E-state index contributed by atoms with van der Waals surface area (Å²) in [6.07, 6.45) is 3.74. The summed E-state index contributed by atoms with van der Waals surface area (Å²) in [6, 6.07) is 58.2. The first-order valence-electron chi connectivity index (χ1n) is 20.0. The van der Waals surface area contributed by atoms with E-state index in [1.165, 1.54) is 44.2 Å². The van der Waals surface area contributed by atoms with Crippen molar-refractivity contribution < 1.29 is 0 Å². The highest BCUT2D eigenvalue weighted by atomic mass is 15.1. The first kappa shape index (κ1) is 35.9. The molecule has 10 rings (SSSR count). The Morgan fingerprint density at radius 2 is 0.864 bits per heavy atom. The Bertz CT molecular complexity index is 3020. The number of fused-ring (bicyclic) bond motifs is 3. The van der Waals surface area contributed by atoms with Crippen LogP contribution in [0.3, 0.4) is 0 Å². The first-order valence-corrected chi connectivity index (χ1v) is 20.0. The largest absolute Gasteiger partial charge is 0.308 e. The number of aromatic nitrogens is 5. The summed E-state index contributed by atoms with van der Waals surface area (Å²) in [4.78, 5) is 20.1. The molecule has 59 heavy (non-hydrogen) atoms. The normalized spacial score (nSPS) is 11.4. The van der Waals surface area contributed by atoms with E-state index in [9.17, 15) is 0 Å². The fourth-order valence-electron chi connectivity index (χ4n) is 8.44. The van der Waals surface area contributed by atoms with Gasteiger partial charge in [0, 0.05) is 45.4 Å². The molecule has 10 aromatic rings. The molecule has 0 bridgehead atoms. The highest BCUT2D eigenvalue weighted by Gasteiger charge is 2.22. The molecule has 0 saturated heterocycles. The second kappa shape index (κ2) is 14.8. The molecule has 3 aromatic heterocycles. The topological polar surface area (TPSA) is 56.5 Å². The standard InChI is InChI=1S/C54H41N5/c1-34-17-22-44(36(3)28-34)41-20-24-46-47-25-21-42(45-23-18-35(2)29-37(45)4)32-50(47)59(49(46)31-41)51-30-40(43-16-11-27-55-33-43)19-26-48(51)54-57-52(38-12-7-5-8-13-38)56-53(58-54)39-14-9-6-10-15-39/h5-33H,1-4H3. The first-order chi connectivity index (χ1) is 28.9. The molecule has 0 radical (unpaired) electrons. The van der Waals surface area contributed by atoms with E-state index in [1.807, 2.05) is 54.9 Å². The molecule has 282 valence electrons. The van der Waals surface area contributed by atoms with Crippen molar-refractivity contribution in [1.29, 1.82) is 0 Å². The van der Waals surface area contributed by atoms with E-state index in [4.69, 9.17) is 15.0 Å². The zero-order valence-corrected chi connectivity index (χ0v) is 33.5. The van der Waals surface area contributed by atoms with Crippen LogP contribution in [-0.2, 0) is 0 Å². The van der Waals surface area contributed by atoms with Crippen LogP contribution >= 0.6 is 0 Å². The summed E-state index contributed by atoms with van der Waals surface area (Å²) in [5.74, 6) is 1.83. The maximum absolute atomic E-state index is 5.25. The molecular weight excluding hydrogens is 719 g/mol. The Labute approximate surface area is 344 Å². The SMILES string of the molecule is Cc1ccc(-c2ccc3c4ccc(-c5ccc(C)cc5C)cc4n(-c4cc(-c5cccnc5)ccc4-c4nc(-c5ccccc5)nc(-c5ccccc5)n4)c3c2)c(C)c1. The highest BCUT2D eigenvalue weighted by molar-refractivity contribution is 6.12. The van der Waals surface area contributed by atoms with Gasteiger partial charge in [0.1, 0.15) is 0 Å². The second-order valence-electron chi connectivity index (χ2n) is 15.4. The lowest BCUT2D eigenvalue weighted by Gasteiger charge is -2.17. The highest BCUT2D eigenvalue weighted by Crippen LogP contribution is 2.41. The van der Waals surface area contributed by atoms with Gasteiger partial charge in [-0.15, -0.1) is 0 Å². The quantitative estimate of drug-likeness (QED) is 0.162. The van der Waals surface area contributed by atoms with E-state index in [0.29, 0.717) is 17.5 Å². The van der Waals surface area contributed by atoms with Gasteiger partial charge in [0.15, 0.2) is 17.5 Å². The molecular formula is C54H41N5. The summed E-state index contributed by atoms with van der Waals surface area (Å²) in [6.45, 7) is 8.69. The third-order valence-corrected chi connectivity index (χ3v) is 11.3. The van der Waals surface area contributed by atoms with Crippen molar-refractivity contribution >= 4 is 21.8 Å². The van der Waals surface area contributed by atoms with Crippen LogP contribution in [0.15, 0.2) is 176 Å². The molecule has 0 amide bonds. The minimum atomic E-state index is 0.594.